The first-order chi connectivity index (χ1) is 14.2. The lowest BCUT2D eigenvalue weighted by Crippen LogP contribution is -2.17. The van der Waals surface area contributed by atoms with Crippen molar-refractivity contribution in [1.29, 1.82) is 0 Å². The highest BCUT2D eigenvalue weighted by Crippen LogP contribution is 2.23. The number of aromatic nitrogens is 2. The summed E-state index contributed by atoms with van der Waals surface area (Å²) in [6.45, 7) is 0.436. The number of thiophene rings is 1. The zero-order valence-corrected chi connectivity index (χ0v) is 16.4. The Bertz CT molecular complexity index is 1150. The molecule has 0 aliphatic rings. The van der Waals surface area contributed by atoms with Gasteiger partial charge in [-0.15, -0.1) is 11.3 Å². The number of carbonyl (C=O) groups is 1. The number of aromatic amines is 1. The Balaban J connectivity index is 1.46. The van der Waals surface area contributed by atoms with E-state index in [0.717, 1.165) is 22.0 Å². The molecule has 0 unspecified atom stereocenters. The van der Waals surface area contributed by atoms with Gasteiger partial charge in [0.2, 0.25) is 5.88 Å². The Kier molecular flexibility index (Phi) is 5.53. The van der Waals surface area contributed by atoms with E-state index in [4.69, 9.17) is 9.47 Å². The number of ether oxygens (including phenoxy) is 2. The van der Waals surface area contributed by atoms with Crippen molar-refractivity contribution in [3.63, 3.8) is 0 Å². The molecule has 3 aromatic heterocycles. The number of nitrogens with one attached hydrogen (secondary N) is 2. The predicted octanol–water partition coefficient (Wildman–Crippen LogP) is 3.98. The predicted molar refractivity (Wildman–Crippen MR) is 113 cm³/mol. The Labute approximate surface area is 171 Å². The molecule has 4 rings (SSSR count). The molecule has 7 nitrogen and oxygen atoms in total. The molecule has 0 spiro atoms. The number of nitrogens with zero attached hydrogens (tertiary/aromatic N) is 2. The maximum absolute atomic E-state index is 12.2. The van der Waals surface area contributed by atoms with Crippen molar-refractivity contribution in [2.24, 2.45) is 5.10 Å². The lowest BCUT2D eigenvalue weighted by molar-refractivity contribution is 0.0952. The van der Waals surface area contributed by atoms with E-state index in [1.54, 1.807) is 29.4 Å². The molecule has 0 aliphatic carbocycles. The van der Waals surface area contributed by atoms with Crippen molar-refractivity contribution in [3.8, 4) is 11.6 Å². The second kappa shape index (κ2) is 8.57. The minimum Gasteiger partial charge on any atom is -0.495 e. The SMILES string of the molecule is COc1cscc1C(=O)N/N=C/c1c[nH]c2cnc(OCc3ccccc3)cc12. The molecule has 146 valence electrons. The minimum absolute atomic E-state index is 0.326. The van der Waals surface area contributed by atoms with E-state index in [0.29, 0.717) is 23.8 Å². The summed E-state index contributed by atoms with van der Waals surface area (Å²) >= 11 is 1.39. The fraction of sp³-hybridized carbons (Fsp3) is 0.0952. The van der Waals surface area contributed by atoms with Crippen LogP contribution in [0.4, 0.5) is 0 Å². The number of carbonyl (C=O) groups excluding carboxylic acids is 1. The van der Waals surface area contributed by atoms with Gasteiger partial charge in [0.05, 0.1) is 30.6 Å². The zero-order valence-electron chi connectivity index (χ0n) is 15.6. The number of fused-ring (bicyclic) bond motifs is 1. The van der Waals surface area contributed by atoms with Gasteiger partial charge >= 0.3 is 0 Å². The van der Waals surface area contributed by atoms with Crippen molar-refractivity contribution in [1.82, 2.24) is 15.4 Å². The van der Waals surface area contributed by atoms with E-state index >= 15 is 0 Å². The average Bonchev–Trinajstić information content (AvgIpc) is 3.40. The normalized spacial score (nSPS) is 11.1. The highest BCUT2D eigenvalue weighted by atomic mass is 32.1. The molecular weight excluding hydrogens is 388 g/mol. The van der Waals surface area contributed by atoms with Gasteiger partial charge < -0.3 is 14.5 Å². The Morgan fingerprint density at radius 1 is 1.31 bits per heavy atom. The molecule has 0 bridgehead atoms. The molecule has 2 N–H and O–H groups in total. The third-order valence-corrected chi connectivity index (χ3v) is 4.99. The van der Waals surface area contributed by atoms with Crippen LogP contribution in [0.1, 0.15) is 21.5 Å². The lowest BCUT2D eigenvalue weighted by Gasteiger charge is -2.05. The second-order valence-corrected chi connectivity index (χ2v) is 6.88. The Hall–Kier alpha value is -3.65. The molecule has 0 atom stereocenters. The van der Waals surface area contributed by atoms with Gasteiger partial charge in [-0.2, -0.15) is 5.10 Å². The van der Waals surface area contributed by atoms with Gasteiger partial charge in [-0.25, -0.2) is 10.4 Å². The van der Waals surface area contributed by atoms with Crippen LogP contribution in [0, 0.1) is 0 Å². The number of rotatable bonds is 7. The summed E-state index contributed by atoms with van der Waals surface area (Å²) in [4.78, 5) is 19.7. The number of hydrogen-bond donors (Lipinski definition) is 2. The van der Waals surface area contributed by atoms with Crippen LogP contribution in [-0.2, 0) is 6.61 Å². The summed E-state index contributed by atoms with van der Waals surface area (Å²) in [6, 6.07) is 11.7. The van der Waals surface area contributed by atoms with Crippen molar-refractivity contribution in [2.45, 2.75) is 6.61 Å². The van der Waals surface area contributed by atoms with Crippen LogP contribution in [0.3, 0.4) is 0 Å². The fourth-order valence-electron chi connectivity index (χ4n) is 2.77. The van der Waals surface area contributed by atoms with E-state index in [9.17, 15) is 4.79 Å². The van der Waals surface area contributed by atoms with Gasteiger partial charge in [0.25, 0.3) is 5.91 Å². The molecule has 29 heavy (non-hydrogen) atoms. The largest absolute Gasteiger partial charge is 0.495 e. The van der Waals surface area contributed by atoms with Gasteiger partial charge in [-0.3, -0.25) is 4.79 Å². The van der Waals surface area contributed by atoms with Gasteiger partial charge in [0.15, 0.2) is 0 Å². The Morgan fingerprint density at radius 2 is 2.17 bits per heavy atom. The smallest absolute Gasteiger partial charge is 0.275 e. The van der Waals surface area contributed by atoms with Crippen LogP contribution in [0.25, 0.3) is 10.9 Å². The average molecular weight is 406 g/mol. The number of hydrazone groups is 1. The number of hydrogen-bond acceptors (Lipinski definition) is 6. The van der Waals surface area contributed by atoms with Gasteiger partial charge in [0, 0.05) is 34.0 Å². The number of benzene rings is 1. The number of methoxy groups -OCH3 is 1. The molecule has 1 aromatic carbocycles. The summed E-state index contributed by atoms with van der Waals surface area (Å²) < 4.78 is 10.9. The maximum Gasteiger partial charge on any atom is 0.275 e. The molecule has 1 amide bonds. The zero-order chi connectivity index (χ0) is 20.1. The van der Waals surface area contributed by atoms with Gasteiger partial charge in [-0.05, 0) is 5.56 Å². The quantitative estimate of drug-likeness (QED) is 0.359. The molecule has 0 aliphatic heterocycles. The van der Waals surface area contributed by atoms with Crippen molar-refractivity contribution in [3.05, 3.63) is 76.2 Å². The van der Waals surface area contributed by atoms with Crippen LogP contribution in [0.15, 0.2) is 64.7 Å². The van der Waals surface area contributed by atoms with Crippen LogP contribution < -0.4 is 14.9 Å². The van der Waals surface area contributed by atoms with Crippen LogP contribution >= 0.6 is 11.3 Å². The standard InChI is InChI=1S/C21H18N4O3S/c1-27-19-13-29-12-17(19)21(26)25-24-9-15-8-22-18-10-23-20(7-16(15)18)28-11-14-5-3-2-4-6-14/h2-10,12-13,22H,11H2,1H3,(H,25,26)/b24-9+. The van der Waals surface area contributed by atoms with Crippen molar-refractivity contribution >= 4 is 34.4 Å². The van der Waals surface area contributed by atoms with Gasteiger partial charge in [0.1, 0.15) is 12.4 Å². The summed E-state index contributed by atoms with van der Waals surface area (Å²) in [7, 11) is 1.53. The first kappa shape index (κ1) is 18.7. The number of H-pyrrole nitrogens is 1. The summed E-state index contributed by atoms with van der Waals surface area (Å²) in [5, 5.41) is 8.44. The van der Waals surface area contributed by atoms with Crippen LogP contribution in [0.2, 0.25) is 0 Å². The summed E-state index contributed by atoms with van der Waals surface area (Å²) in [5.74, 6) is 0.719. The van der Waals surface area contributed by atoms with Crippen molar-refractivity contribution in [2.75, 3.05) is 7.11 Å². The van der Waals surface area contributed by atoms with E-state index < -0.39 is 0 Å². The Morgan fingerprint density at radius 3 is 3.00 bits per heavy atom. The first-order valence-corrected chi connectivity index (χ1v) is 9.76. The van der Waals surface area contributed by atoms with Crippen LogP contribution in [0.5, 0.6) is 11.6 Å². The molecule has 0 fully saturated rings. The fourth-order valence-corrected chi connectivity index (χ4v) is 3.54. The third-order valence-electron chi connectivity index (χ3n) is 4.26. The number of amides is 1. The highest BCUT2D eigenvalue weighted by molar-refractivity contribution is 7.08. The summed E-state index contributed by atoms with van der Waals surface area (Å²) in [5.41, 5.74) is 5.70. The molecule has 0 radical (unpaired) electrons. The molecule has 3 heterocycles. The highest BCUT2D eigenvalue weighted by Gasteiger charge is 2.12. The minimum atomic E-state index is -0.326. The molecule has 0 saturated carbocycles. The molecule has 4 aromatic rings. The van der Waals surface area contributed by atoms with E-state index in [1.807, 2.05) is 36.4 Å². The first-order valence-electron chi connectivity index (χ1n) is 8.82. The lowest BCUT2D eigenvalue weighted by atomic mass is 10.2. The molecular formula is C21H18N4O3S. The number of pyridine rings is 1. The van der Waals surface area contributed by atoms with Gasteiger partial charge in [-0.1, -0.05) is 30.3 Å². The molecule has 0 saturated heterocycles. The monoisotopic (exact) mass is 406 g/mol. The third kappa shape index (κ3) is 4.27. The van der Waals surface area contributed by atoms with Crippen molar-refractivity contribution < 1.29 is 14.3 Å². The molecule has 8 heteroatoms. The maximum atomic E-state index is 12.2. The second-order valence-electron chi connectivity index (χ2n) is 6.14. The van der Waals surface area contributed by atoms with Crippen LogP contribution in [-0.4, -0.2) is 29.2 Å². The summed E-state index contributed by atoms with van der Waals surface area (Å²) in [6.07, 6.45) is 5.09. The van der Waals surface area contributed by atoms with E-state index in [2.05, 4.69) is 20.5 Å². The topological polar surface area (TPSA) is 88.6 Å². The van der Waals surface area contributed by atoms with E-state index in [1.165, 1.54) is 18.4 Å². The van der Waals surface area contributed by atoms with E-state index in [-0.39, 0.29) is 5.91 Å².